The molecule has 0 N–H and O–H groups in total. The molecule has 0 aliphatic heterocycles. The van der Waals surface area contributed by atoms with Crippen LogP contribution in [0.15, 0.2) is 97.2 Å². The predicted molar refractivity (Wildman–Crippen MR) is 344 cm³/mol. The van der Waals surface area contributed by atoms with E-state index in [1.165, 1.54) is 167 Å². The summed E-state index contributed by atoms with van der Waals surface area (Å²) < 4.78 is 16.9. The zero-order valence-corrected chi connectivity index (χ0v) is 52.1. The molecule has 1 unspecified atom stereocenters. The molecular weight excluding hydrogens is 973 g/mol. The molecule has 0 aromatic carbocycles. The molecule has 454 valence electrons. The molecular formula is C73H126O6. The number of esters is 3. The minimum absolute atomic E-state index is 0.0901. The molecule has 0 aliphatic rings. The Hall–Kier alpha value is -3.67. The summed E-state index contributed by atoms with van der Waals surface area (Å²) in [6, 6.07) is 0. The maximum absolute atomic E-state index is 12.9. The second-order valence-corrected chi connectivity index (χ2v) is 22.3. The molecule has 0 radical (unpaired) electrons. The van der Waals surface area contributed by atoms with Crippen LogP contribution in [0, 0.1) is 0 Å². The summed E-state index contributed by atoms with van der Waals surface area (Å²) in [5.41, 5.74) is 0. The lowest BCUT2D eigenvalue weighted by molar-refractivity contribution is -0.167. The monoisotopic (exact) mass is 1100 g/mol. The number of hydrogen-bond donors (Lipinski definition) is 0. The molecule has 0 amide bonds. The lowest BCUT2D eigenvalue weighted by Crippen LogP contribution is -2.30. The Morgan fingerprint density at radius 2 is 0.494 bits per heavy atom. The third-order valence-electron chi connectivity index (χ3n) is 14.5. The maximum atomic E-state index is 12.9. The molecule has 0 aromatic rings. The highest BCUT2D eigenvalue weighted by atomic mass is 16.6. The molecule has 79 heavy (non-hydrogen) atoms. The van der Waals surface area contributed by atoms with Crippen molar-refractivity contribution in [3.63, 3.8) is 0 Å². The molecule has 6 nitrogen and oxygen atoms in total. The van der Waals surface area contributed by atoms with Gasteiger partial charge in [-0.25, -0.2) is 0 Å². The van der Waals surface area contributed by atoms with Crippen molar-refractivity contribution in [1.82, 2.24) is 0 Å². The molecule has 0 heterocycles. The standard InChI is InChI=1S/C73H126O6/c1-4-7-10-13-16-19-22-25-28-31-33-34-35-36-37-38-40-42-45-48-51-54-57-60-63-66-72(75)78-69-70(68-77-71(74)65-62-59-56-53-50-47-44-41-30-27-24-21-18-15-12-9-6-3)79-73(76)67-64-61-58-55-52-49-46-43-39-32-29-26-23-20-17-14-11-8-5-2/h9,12,17-18,20-21,26-27,29-31,33,39,43-44,47,70H,4-8,10-11,13-16,19,22-25,28,32,34-38,40-42,45-46,48-69H2,1-3H3/b12-9-,20-17-,21-18-,29-26-,30-27-,33-31-,43-39-,47-44-. The summed E-state index contributed by atoms with van der Waals surface area (Å²) >= 11 is 0. The largest absolute Gasteiger partial charge is 0.462 e. The van der Waals surface area contributed by atoms with Crippen molar-refractivity contribution in [3.05, 3.63) is 97.2 Å². The van der Waals surface area contributed by atoms with Crippen molar-refractivity contribution in [2.75, 3.05) is 13.2 Å². The number of allylic oxidation sites excluding steroid dienone is 16. The van der Waals surface area contributed by atoms with Crippen LogP contribution in [0.25, 0.3) is 0 Å². The van der Waals surface area contributed by atoms with E-state index in [1.54, 1.807) is 0 Å². The molecule has 0 saturated heterocycles. The molecule has 0 fully saturated rings. The van der Waals surface area contributed by atoms with E-state index in [4.69, 9.17) is 14.2 Å². The first-order valence-corrected chi connectivity index (χ1v) is 33.7. The summed E-state index contributed by atoms with van der Waals surface area (Å²) in [5, 5.41) is 0. The van der Waals surface area contributed by atoms with Gasteiger partial charge in [-0.05, 0) is 122 Å². The molecule has 6 heteroatoms. The molecule has 1 atom stereocenters. The first kappa shape index (κ1) is 75.3. The summed E-state index contributed by atoms with van der Waals surface area (Å²) in [6.45, 7) is 6.50. The second-order valence-electron chi connectivity index (χ2n) is 22.3. The van der Waals surface area contributed by atoms with E-state index >= 15 is 0 Å². The third kappa shape index (κ3) is 65.0. The minimum atomic E-state index is -0.798. The Bertz CT molecular complexity index is 1540. The van der Waals surface area contributed by atoms with Crippen LogP contribution >= 0.6 is 0 Å². The van der Waals surface area contributed by atoms with E-state index in [2.05, 4.69) is 118 Å². The highest BCUT2D eigenvalue weighted by molar-refractivity contribution is 5.71. The lowest BCUT2D eigenvalue weighted by Gasteiger charge is -2.18. The number of carbonyl (C=O) groups is 3. The van der Waals surface area contributed by atoms with Crippen molar-refractivity contribution in [2.24, 2.45) is 0 Å². The van der Waals surface area contributed by atoms with Crippen LogP contribution < -0.4 is 0 Å². The van der Waals surface area contributed by atoms with E-state index in [-0.39, 0.29) is 31.1 Å². The average molecular weight is 1100 g/mol. The normalized spacial score (nSPS) is 12.7. The van der Waals surface area contributed by atoms with E-state index in [0.29, 0.717) is 19.3 Å². The third-order valence-corrected chi connectivity index (χ3v) is 14.5. The SMILES string of the molecule is CC/C=C\C/C=C\C/C=C\C/C=C\CCCCCCC(=O)OCC(COC(=O)CCCCCCCCCCCCCCC/C=C\CCCCCCCCCC)OC(=O)CCCCCCCC/C=C\C/C=C\C/C=C\CCCCC. The molecule has 0 aromatic heterocycles. The van der Waals surface area contributed by atoms with Crippen LogP contribution in [0.5, 0.6) is 0 Å². The van der Waals surface area contributed by atoms with Crippen molar-refractivity contribution >= 4 is 17.9 Å². The van der Waals surface area contributed by atoms with Gasteiger partial charge in [0.1, 0.15) is 13.2 Å². The summed E-state index contributed by atoms with van der Waals surface area (Å²) in [6.07, 6.45) is 89.9. The van der Waals surface area contributed by atoms with Crippen LogP contribution in [0.4, 0.5) is 0 Å². The Morgan fingerprint density at radius 1 is 0.266 bits per heavy atom. The van der Waals surface area contributed by atoms with Gasteiger partial charge in [-0.2, -0.15) is 0 Å². The molecule has 0 saturated carbocycles. The Morgan fingerprint density at radius 3 is 0.810 bits per heavy atom. The maximum Gasteiger partial charge on any atom is 0.306 e. The Labute approximate surface area is 489 Å². The fourth-order valence-corrected chi connectivity index (χ4v) is 9.50. The van der Waals surface area contributed by atoms with Gasteiger partial charge in [-0.15, -0.1) is 0 Å². The topological polar surface area (TPSA) is 78.9 Å². The first-order valence-electron chi connectivity index (χ1n) is 33.7. The van der Waals surface area contributed by atoms with Crippen molar-refractivity contribution in [3.8, 4) is 0 Å². The zero-order valence-electron chi connectivity index (χ0n) is 52.1. The summed E-state index contributed by atoms with van der Waals surface area (Å²) in [5.74, 6) is -0.916. The highest BCUT2D eigenvalue weighted by Gasteiger charge is 2.19. The van der Waals surface area contributed by atoms with Gasteiger partial charge >= 0.3 is 17.9 Å². The summed E-state index contributed by atoms with van der Waals surface area (Å²) in [4.78, 5) is 38.4. The first-order chi connectivity index (χ1) is 39.0. The summed E-state index contributed by atoms with van der Waals surface area (Å²) in [7, 11) is 0. The average Bonchev–Trinajstić information content (AvgIpc) is 3.45. The van der Waals surface area contributed by atoms with Crippen LogP contribution in [-0.2, 0) is 28.6 Å². The predicted octanol–water partition coefficient (Wildman–Crippen LogP) is 23.2. The molecule has 0 aliphatic carbocycles. The van der Waals surface area contributed by atoms with Gasteiger partial charge in [0.15, 0.2) is 6.10 Å². The molecule has 0 rings (SSSR count). The van der Waals surface area contributed by atoms with Gasteiger partial charge in [-0.3, -0.25) is 14.4 Å². The van der Waals surface area contributed by atoms with Gasteiger partial charge in [0.05, 0.1) is 0 Å². The minimum Gasteiger partial charge on any atom is -0.462 e. The van der Waals surface area contributed by atoms with E-state index in [0.717, 1.165) is 122 Å². The van der Waals surface area contributed by atoms with E-state index in [9.17, 15) is 14.4 Å². The number of rotatable bonds is 61. The van der Waals surface area contributed by atoms with Gasteiger partial charge < -0.3 is 14.2 Å². The van der Waals surface area contributed by atoms with Crippen molar-refractivity contribution in [1.29, 1.82) is 0 Å². The van der Waals surface area contributed by atoms with Crippen LogP contribution in [0.1, 0.15) is 329 Å². The number of ether oxygens (including phenoxy) is 3. The van der Waals surface area contributed by atoms with Crippen molar-refractivity contribution in [2.45, 2.75) is 335 Å². The van der Waals surface area contributed by atoms with Gasteiger partial charge in [-0.1, -0.05) is 285 Å². The molecule has 0 bridgehead atoms. The zero-order chi connectivity index (χ0) is 57.1. The highest BCUT2D eigenvalue weighted by Crippen LogP contribution is 2.16. The lowest BCUT2D eigenvalue weighted by atomic mass is 10.0. The number of unbranched alkanes of at least 4 members (excludes halogenated alkanes) is 34. The van der Waals surface area contributed by atoms with Gasteiger partial charge in [0.25, 0.3) is 0 Å². The van der Waals surface area contributed by atoms with Crippen LogP contribution in [-0.4, -0.2) is 37.2 Å². The second kappa shape index (κ2) is 66.8. The van der Waals surface area contributed by atoms with E-state index < -0.39 is 6.10 Å². The Balaban J connectivity index is 4.38. The fourth-order valence-electron chi connectivity index (χ4n) is 9.50. The Kier molecular flexibility index (Phi) is 63.7. The van der Waals surface area contributed by atoms with Crippen LogP contribution in [0.2, 0.25) is 0 Å². The number of carbonyl (C=O) groups excluding carboxylic acids is 3. The quantitative estimate of drug-likeness (QED) is 0.0261. The van der Waals surface area contributed by atoms with Crippen molar-refractivity contribution < 1.29 is 28.6 Å². The fraction of sp³-hybridized carbons (Fsp3) is 0.740. The van der Waals surface area contributed by atoms with Gasteiger partial charge in [0, 0.05) is 19.3 Å². The van der Waals surface area contributed by atoms with Gasteiger partial charge in [0.2, 0.25) is 0 Å². The smallest absolute Gasteiger partial charge is 0.306 e. The number of hydrogen-bond acceptors (Lipinski definition) is 6. The van der Waals surface area contributed by atoms with Crippen LogP contribution in [0.3, 0.4) is 0 Å². The van der Waals surface area contributed by atoms with E-state index in [1.807, 2.05) is 0 Å². The molecule has 0 spiro atoms.